The zero-order valence-electron chi connectivity index (χ0n) is 16.3. The summed E-state index contributed by atoms with van der Waals surface area (Å²) in [6.07, 6.45) is 2.38. The van der Waals surface area contributed by atoms with E-state index < -0.39 is 11.6 Å². The first kappa shape index (κ1) is 19.1. The van der Waals surface area contributed by atoms with E-state index >= 15 is 0 Å². The Kier molecular flexibility index (Phi) is 5.23. The Balaban J connectivity index is 1.59. The molecule has 28 heavy (non-hydrogen) atoms. The molecule has 0 spiro atoms. The fraction of sp³-hybridized carbons (Fsp3) is 0.435. The number of nitrogens with zero attached hydrogens (tertiary/aromatic N) is 1. The van der Waals surface area contributed by atoms with Crippen molar-refractivity contribution >= 4 is 5.97 Å². The fourth-order valence-corrected chi connectivity index (χ4v) is 4.72. The summed E-state index contributed by atoms with van der Waals surface area (Å²) in [7, 11) is 3.85. The van der Waals surface area contributed by atoms with Crippen LogP contribution in [0, 0.1) is 0 Å². The molecule has 0 unspecified atom stereocenters. The lowest BCUT2D eigenvalue weighted by Crippen LogP contribution is -2.48. The summed E-state index contributed by atoms with van der Waals surface area (Å²) in [6.45, 7) is 0. The van der Waals surface area contributed by atoms with E-state index in [9.17, 15) is 9.90 Å². The van der Waals surface area contributed by atoms with E-state index in [2.05, 4.69) is 11.9 Å². The molecule has 2 heterocycles. The van der Waals surface area contributed by atoms with Crippen molar-refractivity contribution in [3.63, 3.8) is 0 Å². The number of ether oxygens (including phenoxy) is 2. The van der Waals surface area contributed by atoms with Crippen LogP contribution >= 0.6 is 0 Å². The van der Waals surface area contributed by atoms with Gasteiger partial charge in [0.05, 0.1) is 6.10 Å². The Labute approximate surface area is 165 Å². The number of carbonyl (C=O) groups is 1. The third-order valence-electron chi connectivity index (χ3n) is 6.33. The molecule has 0 aromatic heterocycles. The lowest BCUT2D eigenvalue weighted by molar-refractivity contribution is -0.171. The van der Waals surface area contributed by atoms with Gasteiger partial charge < -0.3 is 14.6 Å². The molecule has 2 fully saturated rings. The second-order valence-corrected chi connectivity index (χ2v) is 7.84. The number of rotatable bonds is 5. The molecular weight excluding hydrogens is 354 g/mol. The first-order valence-corrected chi connectivity index (χ1v) is 9.83. The normalized spacial score (nSPS) is 27.5. The Morgan fingerprint density at radius 1 is 1.00 bits per heavy atom. The molecule has 2 aromatic carbocycles. The quantitative estimate of drug-likeness (QED) is 0.807. The van der Waals surface area contributed by atoms with Crippen LogP contribution in [0.3, 0.4) is 0 Å². The lowest BCUT2D eigenvalue weighted by atomic mass is 9.86. The van der Waals surface area contributed by atoms with Gasteiger partial charge in [0.15, 0.2) is 0 Å². The number of fused-ring (bicyclic) bond motifs is 2. The standard InChI is InChI=1S/C23H27NO4/c1-24-18-13-19(15-20(24)21(14-18)27-2)28-22(25)23(26,16-9-5-3-6-10-16)17-11-7-4-8-12-17/h3-12,18-21,26H,13-15H2,1-2H3/t18-,19-,20+,21-/m0/s1. The van der Waals surface area contributed by atoms with Crippen LogP contribution < -0.4 is 0 Å². The highest BCUT2D eigenvalue weighted by atomic mass is 16.6. The third-order valence-corrected chi connectivity index (χ3v) is 6.33. The molecule has 0 amide bonds. The third kappa shape index (κ3) is 3.24. The van der Waals surface area contributed by atoms with Crippen LogP contribution in [0.5, 0.6) is 0 Å². The summed E-state index contributed by atoms with van der Waals surface area (Å²) in [6, 6.07) is 18.6. The van der Waals surface area contributed by atoms with Gasteiger partial charge in [-0.1, -0.05) is 60.7 Å². The van der Waals surface area contributed by atoms with Crippen molar-refractivity contribution in [3.8, 4) is 0 Å². The molecule has 4 rings (SSSR count). The van der Waals surface area contributed by atoms with Crippen molar-refractivity contribution in [1.29, 1.82) is 0 Å². The van der Waals surface area contributed by atoms with Crippen molar-refractivity contribution in [3.05, 3.63) is 71.8 Å². The number of likely N-dealkylation sites (N-methyl/N-ethyl adjacent to an activating group) is 1. The highest BCUT2D eigenvalue weighted by molar-refractivity contribution is 5.85. The van der Waals surface area contributed by atoms with E-state index in [1.54, 1.807) is 31.4 Å². The molecule has 2 aliphatic heterocycles. The minimum atomic E-state index is -1.83. The average Bonchev–Trinajstić information content (AvgIpc) is 2.91. The van der Waals surface area contributed by atoms with Crippen LogP contribution in [0.25, 0.3) is 0 Å². The monoisotopic (exact) mass is 381 g/mol. The van der Waals surface area contributed by atoms with E-state index in [0.717, 1.165) is 19.3 Å². The number of methoxy groups -OCH3 is 1. The fourth-order valence-electron chi connectivity index (χ4n) is 4.72. The van der Waals surface area contributed by atoms with Gasteiger partial charge in [0.2, 0.25) is 5.60 Å². The Bertz CT molecular complexity index is 770. The maximum Gasteiger partial charge on any atom is 0.347 e. The van der Waals surface area contributed by atoms with Crippen molar-refractivity contribution in [1.82, 2.24) is 4.90 Å². The Morgan fingerprint density at radius 3 is 2.11 bits per heavy atom. The molecule has 0 radical (unpaired) electrons. The molecule has 148 valence electrons. The zero-order valence-corrected chi connectivity index (χ0v) is 16.3. The SMILES string of the molecule is CO[C@H]1C[C@@H]2C[C@H](OC(=O)C(O)(c3ccccc3)c3ccccc3)C[C@H]1N2C. The first-order chi connectivity index (χ1) is 13.5. The van der Waals surface area contributed by atoms with Gasteiger partial charge in [-0.05, 0) is 24.6 Å². The van der Waals surface area contributed by atoms with Crippen LogP contribution in [0.2, 0.25) is 0 Å². The summed E-state index contributed by atoms with van der Waals surface area (Å²) in [4.78, 5) is 15.6. The van der Waals surface area contributed by atoms with Gasteiger partial charge in [0, 0.05) is 32.0 Å². The largest absolute Gasteiger partial charge is 0.460 e. The van der Waals surface area contributed by atoms with Gasteiger partial charge in [-0.3, -0.25) is 4.90 Å². The second kappa shape index (κ2) is 7.66. The summed E-state index contributed by atoms with van der Waals surface area (Å²) in [5, 5.41) is 11.5. The van der Waals surface area contributed by atoms with Gasteiger partial charge in [0.25, 0.3) is 0 Å². The molecule has 4 atom stereocenters. The lowest BCUT2D eigenvalue weighted by Gasteiger charge is -2.38. The summed E-state index contributed by atoms with van der Waals surface area (Å²) in [5.74, 6) is -0.618. The first-order valence-electron chi connectivity index (χ1n) is 9.83. The minimum Gasteiger partial charge on any atom is -0.460 e. The van der Waals surface area contributed by atoms with Crippen LogP contribution in [-0.4, -0.2) is 54.4 Å². The van der Waals surface area contributed by atoms with Gasteiger partial charge in [0.1, 0.15) is 6.10 Å². The molecule has 1 N–H and O–H groups in total. The van der Waals surface area contributed by atoms with Crippen LogP contribution in [0.1, 0.15) is 30.4 Å². The summed E-state index contributed by atoms with van der Waals surface area (Å²) in [5.41, 5.74) is -0.806. The molecule has 5 heteroatoms. The number of piperidine rings is 1. The molecule has 2 aliphatic rings. The van der Waals surface area contributed by atoms with E-state index in [1.807, 2.05) is 36.4 Å². The predicted molar refractivity (Wildman–Crippen MR) is 106 cm³/mol. The molecule has 2 bridgehead atoms. The summed E-state index contributed by atoms with van der Waals surface area (Å²) < 4.78 is 11.5. The number of aliphatic hydroxyl groups is 1. The molecule has 2 saturated heterocycles. The van der Waals surface area contributed by atoms with Gasteiger partial charge in [-0.15, -0.1) is 0 Å². The molecule has 2 aromatic rings. The zero-order chi connectivity index (χ0) is 19.7. The maximum atomic E-state index is 13.3. The van der Waals surface area contributed by atoms with E-state index in [-0.39, 0.29) is 18.2 Å². The average molecular weight is 381 g/mol. The van der Waals surface area contributed by atoms with Crippen LogP contribution in [0.4, 0.5) is 0 Å². The Hall–Kier alpha value is -2.21. The van der Waals surface area contributed by atoms with Gasteiger partial charge in [-0.2, -0.15) is 0 Å². The van der Waals surface area contributed by atoms with Crippen LogP contribution in [0.15, 0.2) is 60.7 Å². The van der Waals surface area contributed by atoms with E-state index in [0.29, 0.717) is 17.2 Å². The molecular formula is C23H27NO4. The molecule has 5 nitrogen and oxygen atoms in total. The Morgan fingerprint density at radius 2 is 1.57 bits per heavy atom. The van der Waals surface area contributed by atoms with Gasteiger partial charge in [-0.25, -0.2) is 4.79 Å². The van der Waals surface area contributed by atoms with E-state index in [1.165, 1.54) is 0 Å². The van der Waals surface area contributed by atoms with Crippen molar-refractivity contribution in [2.75, 3.05) is 14.2 Å². The van der Waals surface area contributed by atoms with Crippen molar-refractivity contribution < 1.29 is 19.4 Å². The topological polar surface area (TPSA) is 59.0 Å². The van der Waals surface area contributed by atoms with Crippen molar-refractivity contribution in [2.24, 2.45) is 0 Å². The predicted octanol–water partition coefficient (Wildman–Crippen LogP) is 2.72. The summed E-state index contributed by atoms with van der Waals surface area (Å²) >= 11 is 0. The van der Waals surface area contributed by atoms with Crippen LogP contribution in [-0.2, 0) is 19.9 Å². The number of carbonyl (C=O) groups excluding carboxylic acids is 1. The highest BCUT2D eigenvalue weighted by Crippen LogP contribution is 2.39. The number of hydrogen-bond donors (Lipinski definition) is 1. The number of benzene rings is 2. The molecule has 0 aliphatic carbocycles. The smallest absolute Gasteiger partial charge is 0.347 e. The van der Waals surface area contributed by atoms with Gasteiger partial charge >= 0.3 is 5.97 Å². The second-order valence-electron chi connectivity index (χ2n) is 7.84. The highest BCUT2D eigenvalue weighted by Gasteiger charge is 2.48. The number of hydrogen-bond acceptors (Lipinski definition) is 5. The molecule has 0 saturated carbocycles. The number of esters is 1. The van der Waals surface area contributed by atoms with Crippen molar-refractivity contribution in [2.45, 2.75) is 49.2 Å². The van der Waals surface area contributed by atoms with E-state index in [4.69, 9.17) is 9.47 Å². The maximum absolute atomic E-state index is 13.3. The minimum absolute atomic E-state index is 0.167.